The van der Waals surface area contributed by atoms with E-state index in [-0.39, 0.29) is 5.91 Å². The minimum absolute atomic E-state index is 0.226. The molecule has 0 aliphatic heterocycles. The molecule has 1 amide bonds. The molecular formula is C9H18N2O. The molecule has 0 aromatic rings. The minimum atomic E-state index is -0.226. The number of hydrogen-bond donors (Lipinski definition) is 2. The molecule has 0 heterocycles. The molecule has 1 aliphatic carbocycles. The summed E-state index contributed by atoms with van der Waals surface area (Å²) in [5.41, 5.74) is 5.51. The normalized spacial score (nSPS) is 21.8. The van der Waals surface area contributed by atoms with Crippen molar-refractivity contribution in [3.63, 3.8) is 0 Å². The van der Waals surface area contributed by atoms with Crippen molar-refractivity contribution in [3.8, 4) is 0 Å². The Balaban J connectivity index is 2.10. The van der Waals surface area contributed by atoms with Crippen LogP contribution in [-0.2, 0) is 4.79 Å². The van der Waals surface area contributed by atoms with Gasteiger partial charge < -0.3 is 11.1 Å². The molecule has 0 aromatic heterocycles. The fourth-order valence-corrected chi connectivity index (χ4v) is 1.29. The van der Waals surface area contributed by atoms with Gasteiger partial charge >= 0.3 is 0 Å². The third-order valence-electron chi connectivity index (χ3n) is 2.91. The zero-order chi connectivity index (χ0) is 9.19. The van der Waals surface area contributed by atoms with E-state index < -0.39 is 0 Å². The quantitative estimate of drug-likeness (QED) is 0.636. The Bertz CT molecular complexity index is 175. The zero-order valence-corrected chi connectivity index (χ0v) is 7.89. The number of rotatable bonds is 5. The average Bonchev–Trinajstić information content (AvgIpc) is 2.68. The van der Waals surface area contributed by atoms with Crippen molar-refractivity contribution in [2.24, 2.45) is 11.1 Å². The first kappa shape index (κ1) is 9.52. The lowest BCUT2D eigenvalue weighted by Crippen LogP contribution is -2.35. The van der Waals surface area contributed by atoms with Crippen molar-refractivity contribution in [3.05, 3.63) is 0 Å². The molecule has 1 fully saturated rings. The summed E-state index contributed by atoms with van der Waals surface area (Å²) in [6, 6.07) is 0.511. The standard InChI is InChI=1S/C9H18N2O/c1-7(9(2)4-5-9)11-6-3-8(10)12/h7,11H,3-6H2,1-2H3,(H2,10,12). The van der Waals surface area contributed by atoms with E-state index in [9.17, 15) is 4.79 Å². The van der Waals surface area contributed by atoms with E-state index in [1.54, 1.807) is 0 Å². The lowest BCUT2D eigenvalue weighted by atomic mass is 10.0. The van der Waals surface area contributed by atoms with Crippen molar-refractivity contribution in [2.45, 2.75) is 39.2 Å². The van der Waals surface area contributed by atoms with Crippen LogP contribution in [0.5, 0.6) is 0 Å². The number of carbonyl (C=O) groups is 1. The lowest BCUT2D eigenvalue weighted by Gasteiger charge is -2.19. The van der Waals surface area contributed by atoms with Gasteiger partial charge in [0.15, 0.2) is 0 Å². The van der Waals surface area contributed by atoms with Crippen LogP contribution in [0.25, 0.3) is 0 Å². The molecule has 3 nitrogen and oxygen atoms in total. The maximum atomic E-state index is 10.4. The number of primary amides is 1. The molecule has 70 valence electrons. The summed E-state index contributed by atoms with van der Waals surface area (Å²) in [6.45, 7) is 5.16. The average molecular weight is 170 g/mol. The second kappa shape index (κ2) is 3.44. The van der Waals surface area contributed by atoms with Gasteiger partial charge in [-0.1, -0.05) is 6.92 Å². The van der Waals surface area contributed by atoms with Gasteiger partial charge in [-0.3, -0.25) is 4.79 Å². The summed E-state index contributed by atoms with van der Waals surface area (Å²) < 4.78 is 0. The summed E-state index contributed by atoms with van der Waals surface area (Å²) >= 11 is 0. The van der Waals surface area contributed by atoms with E-state index >= 15 is 0 Å². The van der Waals surface area contributed by atoms with E-state index in [1.165, 1.54) is 12.8 Å². The van der Waals surface area contributed by atoms with Gasteiger partial charge in [-0.15, -0.1) is 0 Å². The Morgan fingerprint density at radius 1 is 1.67 bits per heavy atom. The summed E-state index contributed by atoms with van der Waals surface area (Å²) in [5, 5.41) is 3.32. The molecule has 12 heavy (non-hydrogen) atoms. The van der Waals surface area contributed by atoms with Crippen LogP contribution in [0.3, 0.4) is 0 Å². The predicted molar refractivity (Wildman–Crippen MR) is 48.6 cm³/mol. The van der Waals surface area contributed by atoms with Gasteiger partial charge in [-0.25, -0.2) is 0 Å². The van der Waals surface area contributed by atoms with Gasteiger partial charge in [0, 0.05) is 19.0 Å². The van der Waals surface area contributed by atoms with Crippen LogP contribution < -0.4 is 11.1 Å². The van der Waals surface area contributed by atoms with E-state index in [4.69, 9.17) is 5.73 Å². The third kappa shape index (κ3) is 2.48. The molecular weight excluding hydrogens is 152 g/mol. The van der Waals surface area contributed by atoms with Crippen LogP contribution >= 0.6 is 0 Å². The Morgan fingerprint density at radius 2 is 2.25 bits per heavy atom. The second-order valence-electron chi connectivity index (χ2n) is 4.05. The third-order valence-corrected chi connectivity index (χ3v) is 2.91. The lowest BCUT2D eigenvalue weighted by molar-refractivity contribution is -0.117. The van der Waals surface area contributed by atoms with Crippen LogP contribution in [0.15, 0.2) is 0 Å². The zero-order valence-electron chi connectivity index (χ0n) is 7.89. The van der Waals surface area contributed by atoms with Crippen LogP contribution in [0.1, 0.15) is 33.1 Å². The second-order valence-corrected chi connectivity index (χ2v) is 4.05. The molecule has 1 rings (SSSR count). The topological polar surface area (TPSA) is 55.1 Å². The Labute approximate surface area is 73.7 Å². The van der Waals surface area contributed by atoms with Crippen LogP contribution in [-0.4, -0.2) is 18.5 Å². The number of carbonyl (C=O) groups excluding carboxylic acids is 1. The molecule has 0 aromatic carbocycles. The molecule has 0 saturated heterocycles. The molecule has 1 aliphatic rings. The smallest absolute Gasteiger partial charge is 0.218 e. The summed E-state index contributed by atoms with van der Waals surface area (Å²) in [7, 11) is 0. The highest BCUT2D eigenvalue weighted by molar-refractivity contribution is 5.73. The van der Waals surface area contributed by atoms with E-state index in [0.717, 1.165) is 0 Å². The van der Waals surface area contributed by atoms with Crippen molar-refractivity contribution in [1.29, 1.82) is 0 Å². The van der Waals surface area contributed by atoms with Gasteiger partial charge in [0.25, 0.3) is 0 Å². The van der Waals surface area contributed by atoms with Crippen LogP contribution in [0.2, 0.25) is 0 Å². The molecule has 0 spiro atoms. The minimum Gasteiger partial charge on any atom is -0.370 e. The Kier molecular flexibility index (Phi) is 2.73. The number of hydrogen-bond acceptors (Lipinski definition) is 2. The number of nitrogens with two attached hydrogens (primary N) is 1. The molecule has 1 saturated carbocycles. The van der Waals surface area contributed by atoms with Crippen molar-refractivity contribution in [1.82, 2.24) is 5.32 Å². The largest absolute Gasteiger partial charge is 0.370 e. The molecule has 1 unspecified atom stereocenters. The molecule has 1 atom stereocenters. The van der Waals surface area contributed by atoms with E-state index in [0.29, 0.717) is 24.4 Å². The monoisotopic (exact) mass is 170 g/mol. The highest BCUT2D eigenvalue weighted by Gasteiger charge is 2.41. The summed E-state index contributed by atoms with van der Waals surface area (Å²) in [4.78, 5) is 10.4. The first-order chi connectivity index (χ1) is 5.54. The van der Waals surface area contributed by atoms with Crippen molar-refractivity contribution < 1.29 is 4.79 Å². The number of nitrogens with one attached hydrogen (secondary N) is 1. The van der Waals surface area contributed by atoms with Gasteiger partial charge in [-0.2, -0.15) is 0 Å². The SMILES string of the molecule is CC(NCCC(N)=O)C1(C)CC1. The first-order valence-electron chi connectivity index (χ1n) is 4.56. The van der Waals surface area contributed by atoms with Crippen molar-refractivity contribution >= 4 is 5.91 Å². The highest BCUT2D eigenvalue weighted by atomic mass is 16.1. The van der Waals surface area contributed by atoms with E-state index in [1.807, 2.05) is 0 Å². The molecule has 0 radical (unpaired) electrons. The maximum absolute atomic E-state index is 10.4. The Morgan fingerprint density at radius 3 is 2.67 bits per heavy atom. The summed E-state index contributed by atoms with van der Waals surface area (Å²) in [5.74, 6) is -0.226. The van der Waals surface area contributed by atoms with Gasteiger partial charge in [-0.05, 0) is 25.2 Å². The van der Waals surface area contributed by atoms with Gasteiger partial charge in [0.1, 0.15) is 0 Å². The van der Waals surface area contributed by atoms with Crippen LogP contribution in [0, 0.1) is 5.41 Å². The van der Waals surface area contributed by atoms with Gasteiger partial charge in [0.2, 0.25) is 5.91 Å². The first-order valence-corrected chi connectivity index (χ1v) is 4.56. The highest BCUT2D eigenvalue weighted by Crippen LogP contribution is 2.47. The van der Waals surface area contributed by atoms with E-state index in [2.05, 4.69) is 19.2 Å². The Hall–Kier alpha value is -0.570. The fourth-order valence-electron chi connectivity index (χ4n) is 1.29. The molecule has 0 bridgehead atoms. The van der Waals surface area contributed by atoms with Crippen molar-refractivity contribution in [2.75, 3.05) is 6.54 Å². The maximum Gasteiger partial charge on any atom is 0.218 e. The predicted octanol–water partition coefficient (Wildman–Crippen LogP) is 0.640. The van der Waals surface area contributed by atoms with Gasteiger partial charge in [0.05, 0.1) is 0 Å². The number of amides is 1. The fraction of sp³-hybridized carbons (Fsp3) is 0.889. The molecule has 3 heteroatoms. The summed E-state index contributed by atoms with van der Waals surface area (Å²) in [6.07, 6.45) is 3.05. The molecule has 3 N–H and O–H groups in total. The van der Waals surface area contributed by atoms with Crippen LogP contribution in [0.4, 0.5) is 0 Å².